The maximum Gasteiger partial charge on any atom is 0.297 e. The van der Waals surface area contributed by atoms with Gasteiger partial charge in [-0.05, 0) is 5.92 Å². The predicted octanol–water partition coefficient (Wildman–Crippen LogP) is 0.534. The van der Waals surface area contributed by atoms with E-state index in [9.17, 15) is 4.79 Å². The lowest BCUT2D eigenvalue weighted by molar-refractivity contribution is 0.221. The molecular formula is C9H13ClN2O3. The van der Waals surface area contributed by atoms with Crippen LogP contribution in [0.4, 0.5) is 0 Å². The Morgan fingerprint density at radius 1 is 1.73 bits per heavy atom. The molecule has 0 spiro atoms. The van der Waals surface area contributed by atoms with Crippen molar-refractivity contribution in [1.82, 2.24) is 9.55 Å². The van der Waals surface area contributed by atoms with Gasteiger partial charge in [-0.3, -0.25) is 9.36 Å². The van der Waals surface area contributed by atoms with Gasteiger partial charge in [-0.15, -0.1) is 0 Å². The Morgan fingerprint density at radius 3 is 2.93 bits per heavy atom. The first-order valence-electron chi connectivity index (χ1n) is 4.50. The molecule has 0 saturated heterocycles. The van der Waals surface area contributed by atoms with Gasteiger partial charge in [0.25, 0.3) is 5.56 Å². The molecule has 1 aromatic rings. The molecule has 1 heterocycles. The number of hydrogen-bond donors (Lipinski definition) is 1. The van der Waals surface area contributed by atoms with Crippen molar-refractivity contribution in [3.8, 4) is 5.75 Å². The van der Waals surface area contributed by atoms with Crippen LogP contribution in [0.5, 0.6) is 5.75 Å². The zero-order chi connectivity index (χ0) is 11.4. The number of ether oxygens (including phenoxy) is 1. The molecule has 0 bridgehead atoms. The monoisotopic (exact) mass is 232 g/mol. The number of rotatable bonds is 4. The van der Waals surface area contributed by atoms with Gasteiger partial charge in [-0.1, -0.05) is 18.5 Å². The van der Waals surface area contributed by atoms with Gasteiger partial charge >= 0.3 is 0 Å². The number of aromatic nitrogens is 2. The molecule has 0 saturated carbocycles. The second-order valence-electron chi connectivity index (χ2n) is 3.31. The summed E-state index contributed by atoms with van der Waals surface area (Å²) >= 11 is 5.67. The largest absolute Gasteiger partial charge is 0.489 e. The maximum absolute atomic E-state index is 11.7. The summed E-state index contributed by atoms with van der Waals surface area (Å²) in [6, 6.07) is 0. The number of aliphatic hydroxyl groups is 1. The van der Waals surface area contributed by atoms with E-state index in [0.29, 0.717) is 6.54 Å². The summed E-state index contributed by atoms with van der Waals surface area (Å²) in [5.41, 5.74) is -0.335. The average molecular weight is 233 g/mol. The van der Waals surface area contributed by atoms with E-state index in [1.165, 1.54) is 18.0 Å². The van der Waals surface area contributed by atoms with E-state index in [4.69, 9.17) is 21.4 Å². The molecule has 15 heavy (non-hydrogen) atoms. The van der Waals surface area contributed by atoms with Crippen LogP contribution in [0.15, 0.2) is 11.1 Å². The predicted molar refractivity (Wildman–Crippen MR) is 56.3 cm³/mol. The molecule has 0 amide bonds. The lowest BCUT2D eigenvalue weighted by Gasteiger charge is -2.11. The highest BCUT2D eigenvalue weighted by Gasteiger charge is 2.11. The van der Waals surface area contributed by atoms with Crippen LogP contribution in [-0.2, 0) is 6.54 Å². The van der Waals surface area contributed by atoms with Crippen LogP contribution in [-0.4, -0.2) is 28.4 Å². The number of halogens is 1. The Bertz CT molecular complexity index is 391. The Kier molecular flexibility index (Phi) is 4.11. The fourth-order valence-corrected chi connectivity index (χ4v) is 1.35. The van der Waals surface area contributed by atoms with E-state index >= 15 is 0 Å². The molecular weight excluding hydrogens is 220 g/mol. The fourth-order valence-electron chi connectivity index (χ4n) is 1.15. The van der Waals surface area contributed by atoms with Crippen molar-refractivity contribution >= 4 is 11.6 Å². The Balaban J connectivity index is 3.06. The van der Waals surface area contributed by atoms with E-state index in [1.54, 1.807) is 0 Å². The lowest BCUT2D eigenvalue weighted by atomic mass is 10.2. The molecule has 5 nitrogen and oxygen atoms in total. The van der Waals surface area contributed by atoms with Gasteiger partial charge in [0.15, 0.2) is 5.15 Å². The number of hydrogen-bond acceptors (Lipinski definition) is 4. The standard InChI is InChI=1S/C9H13ClN2O3/c1-6(4-13)3-12-5-11-8(10)7(15-2)9(12)14/h5-6,13H,3-4H2,1-2H3. The van der Waals surface area contributed by atoms with Crippen LogP contribution in [0, 0.1) is 5.92 Å². The molecule has 0 aliphatic heterocycles. The third kappa shape index (κ3) is 2.70. The number of nitrogens with zero attached hydrogens (tertiary/aromatic N) is 2. The molecule has 0 aliphatic carbocycles. The normalized spacial score (nSPS) is 12.5. The SMILES string of the molecule is COc1c(Cl)ncn(CC(C)CO)c1=O. The Morgan fingerprint density at radius 2 is 2.40 bits per heavy atom. The first kappa shape index (κ1) is 12.0. The molecule has 0 radical (unpaired) electrons. The average Bonchev–Trinajstić information content (AvgIpc) is 2.23. The van der Waals surface area contributed by atoms with Crippen LogP contribution in [0.3, 0.4) is 0 Å². The van der Waals surface area contributed by atoms with Gasteiger partial charge < -0.3 is 9.84 Å². The summed E-state index contributed by atoms with van der Waals surface area (Å²) in [7, 11) is 1.37. The molecule has 0 fully saturated rings. The highest BCUT2D eigenvalue weighted by Crippen LogP contribution is 2.15. The minimum atomic E-state index is -0.335. The van der Waals surface area contributed by atoms with Gasteiger partial charge in [0, 0.05) is 13.2 Å². The Labute approximate surface area is 92.3 Å². The minimum absolute atomic E-state index is 0.0113. The molecule has 1 aromatic heterocycles. The molecule has 0 aromatic carbocycles. The van der Waals surface area contributed by atoms with Crippen LogP contribution < -0.4 is 10.3 Å². The summed E-state index contributed by atoms with van der Waals surface area (Å²) in [5, 5.41) is 8.93. The topological polar surface area (TPSA) is 64.3 Å². The van der Waals surface area contributed by atoms with Crippen molar-refractivity contribution in [1.29, 1.82) is 0 Å². The van der Waals surface area contributed by atoms with Gasteiger partial charge in [-0.2, -0.15) is 0 Å². The highest BCUT2D eigenvalue weighted by molar-refractivity contribution is 6.30. The zero-order valence-electron chi connectivity index (χ0n) is 8.61. The summed E-state index contributed by atoms with van der Waals surface area (Å²) in [4.78, 5) is 15.5. The van der Waals surface area contributed by atoms with Crippen LogP contribution in [0.2, 0.25) is 5.15 Å². The molecule has 1 unspecified atom stereocenters. The van der Waals surface area contributed by atoms with Crippen LogP contribution in [0.1, 0.15) is 6.92 Å². The van der Waals surface area contributed by atoms with Crippen molar-refractivity contribution < 1.29 is 9.84 Å². The third-order valence-electron chi connectivity index (χ3n) is 1.98. The van der Waals surface area contributed by atoms with Crippen LogP contribution in [0.25, 0.3) is 0 Å². The smallest absolute Gasteiger partial charge is 0.297 e. The van der Waals surface area contributed by atoms with Crippen molar-refractivity contribution in [2.24, 2.45) is 5.92 Å². The molecule has 1 atom stereocenters. The first-order chi connectivity index (χ1) is 7.10. The zero-order valence-corrected chi connectivity index (χ0v) is 9.36. The number of methoxy groups -OCH3 is 1. The first-order valence-corrected chi connectivity index (χ1v) is 4.87. The van der Waals surface area contributed by atoms with Crippen LogP contribution >= 0.6 is 11.6 Å². The van der Waals surface area contributed by atoms with Gasteiger partial charge in [0.1, 0.15) is 0 Å². The second kappa shape index (κ2) is 5.14. The van der Waals surface area contributed by atoms with Gasteiger partial charge in [0.05, 0.1) is 13.4 Å². The third-order valence-corrected chi connectivity index (χ3v) is 2.25. The van der Waals surface area contributed by atoms with Crippen molar-refractivity contribution in [3.63, 3.8) is 0 Å². The van der Waals surface area contributed by atoms with Crippen molar-refractivity contribution in [3.05, 3.63) is 21.8 Å². The van der Waals surface area contributed by atoms with E-state index in [0.717, 1.165) is 0 Å². The van der Waals surface area contributed by atoms with E-state index < -0.39 is 0 Å². The van der Waals surface area contributed by atoms with Gasteiger partial charge in [0.2, 0.25) is 5.75 Å². The summed E-state index contributed by atoms with van der Waals surface area (Å²) in [5.74, 6) is 0.0136. The quantitative estimate of drug-likeness (QED) is 0.770. The fraction of sp³-hybridized carbons (Fsp3) is 0.556. The molecule has 1 rings (SSSR count). The minimum Gasteiger partial charge on any atom is -0.489 e. The van der Waals surface area contributed by atoms with Crippen molar-refractivity contribution in [2.45, 2.75) is 13.5 Å². The van der Waals surface area contributed by atoms with Crippen molar-refractivity contribution in [2.75, 3.05) is 13.7 Å². The summed E-state index contributed by atoms with van der Waals surface area (Å²) < 4.78 is 6.21. The molecule has 1 N–H and O–H groups in total. The Hall–Kier alpha value is -1.07. The van der Waals surface area contributed by atoms with E-state index in [-0.39, 0.29) is 29.0 Å². The second-order valence-corrected chi connectivity index (χ2v) is 3.67. The van der Waals surface area contributed by atoms with E-state index in [2.05, 4.69) is 4.98 Å². The summed E-state index contributed by atoms with van der Waals surface area (Å²) in [6.07, 6.45) is 1.35. The molecule has 6 heteroatoms. The summed E-state index contributed by atoms with van der Waals surface area (Å²) in [6.45, 7) is 2.22. The molecule has 84 valence electrons. The molecule has 0 aliphatic rings. The number of aliphatic hydroxyl groups excluding tert-OH is 1. The highest BCUT2D eigenvalue weighted by atomic mass is 35.5. The van der Waals surface area contributed by atoms with E-state index in [1.807, 2.05) is 6.92 Å². The maximum atomic E-state index is 11.7. The van der Waals surface area contributed by atoms with Gasteiger partial charge in [-0.25, -0.2) is 4.98 Å². The lowest BCUT2D eigenvalue weighted by Crippen LogP contribution is -2.25.